The maximum Gasteiger partial charge on any atom is 0.335 e. The number of hydrogen-bond donors (Lipinski definition) is 1. The van der Waals surface area contributed by atoms with Gasteiger partial charge in [0.1, 0.15) is 12.1 Å². The lowest BCUT2D eigenvalue weighted by molar-refractivity contribution is 0.0697. The number of nitrogens with zero attached hydrogens (tertiary/aromatic N) is 4. The van der Waals surface area contributed by atoms with Crippen LogP contribution in [0, 0.1) is 13.8 Å². The van der Waals surface area contributed by atoms with Crippen molar-refractivity contribution in [1.29, 1.82) is 0 Å². The van der Waals surface area contributed by atoms with Crippen molar-refractivity contribution in [1.82, 2.24) is 19.7 Å². The summed E-state index contributed by atoms with van der Waals surface area (Å²) in [5.41, 5.74) is 6.58. The summed E-state index contributed by atoms with van der Waals surface area (Å²) in [4.78, 5) is 20.3. The molecule has 0 aliphatic carbocycles. The maximum atomic E-state index is 11.0. The lowest BCUT2D eigenvalue weighted by atomic mass is 10.0. The summed E-state index contributed by atoms with van der Waals surface area (Å²) in [6.45, 7) is 3.83. The van der Waals surface area contributed by atoms with Gasteiger partial charge in [-0.3, -0.25) is 4.57 Å². The molecule has 0 spiro atoms. The fourth-order valence-electron chi connectivity index (χ4n) is 3.51. The third-order valence-corrected chi connectivity index (χ3v) is 5.83. The zero-order chi connectivity index (χ0) is 20.8. The van der Waals surface area contributed by atoms with Crippen LogP contribution in [0.2, 0.25) is 0 Å². The summed E-state index contributed by atoms with van der Waals surface area (Å²) >= 11 is 1.50. The number of aryl methyl sites for hydroxylation is 2. The molecule has 7 nitrogen and oxygen atoms in total. The maximum absolute atomic E-state index is 11.0. The predicted molar refractivity (Wildman–Crippen MR) is 114 cm³/mol. The first kappa shape index (κ1) is 18.3. The Morgan fingerprint density at radius 1 is 1.10 bits per heavy atom. The van der Waals surface area contributed by atoms with Crippen molar-refractivity contribution in [3.05, 3.63) is 71.2 Å². The van der Waals surface area contributed by atoms with E-state index in [1.807, 2.05) is 42.0 Å². The number of carboxylic acids is 1. The van der Waals surface area contributed by atoms with Gasteiger partial charge >= 0.3 is 5.97 Å². The molecule has 3 heterocycles. The molecular weight excluding hydrogens is 400 g/mol. The van der Waals surface area contributed by atoms with Gasteiger partial charge in [-0.1, -0.05) is 23.4 Å². The van der Waals surface area contributed by atoms with Crippen LogP contribution in [0.25, 0.3) is 38.5 Å². The van der Waals surface area contributed by atoms with Gasteiger partial charge < -0.3 is 9.63 Å². The molecule has 5 rings (SSSR count). The molecule has 0 amide bonds. The van der Waals surface area contributed by atoms with E-state index in [-0.39, 0.29) is 5.56 Å². The number of fused-ring (bicyclic) bond motifs is 1. The van der Waals surface area contributed by atoms with Crippen LogP contribution in [0.15, 0.2) is 58.7 Å². The number of aromatic carboxylic acids is 1. The number of benzene rings is 2. The van der Waals surface area contributed by atoms with Gasteiger partial charge in [-0.25, -0.2) is 14.8 Å². The van der Waals surface area contributed by atoms with E-state index in [9.17, 15) is 4.79 Å². The second-order valence-electron chi connectivity index (χ2n) is 6.92. The Morgan fingerprint density at radius 2 is 1.87 bits per heavy atom. The van der Waals surface area contributed by atoms with Gasteiger partial charge in [0.05, 0.1) is 28.0 Å². The number of thiazole rings is 1. The number of carboxylic acid groups (broad SMARTS) is 1. The van der Waals surface area contributed by atoms with E-state index < -0.39 is 5.97 Å². The molecule has 3 aromatic heterocycles. The van der Waals surface area contributed by atoms with Crippen molar-refractivity contribution >= 4 is 28.3 Å². The summed E-state index contributed by atoms with van der Waals surface area (Å²) in [5.74, 6) is -0.161. The van der Waals surface area contributed by atoms with Crippen molar-refractivity contribution in [2.75, 3.05) is 0 Å². The zero-order valence-electron chi connectivity index (χ0n) is 16.2. The second-order valence-corrected chi connectivity index (χ2v) is 7.75. The van der Waals surface area contributed by atoms with Gasteiger partial charge in [-0.15, -0.1) is 11.3 Å². The molecule has 30 heavy (non-hydrogen) atoms. The molecule has 0 saturated carbocycles. The summed E-state index contributed by atoms with van der Waals surface area (Å²) in [5, 5.41) is 15.8. The van der Waals surface area contributed by atoms with Gasteiger partial charge in [0.2, 0.25) is 0 Å². The van der Waals surface area contributed by atoms with Crippen molar-refractivity contribution in [3.8, 4) is 27.5 Å². The Bertz CT molecular complexity index is 1380. The SMILES string of the molecule is Cc1noc(C)c1-c1ccc2c(c1)ncn2-c1nc(-c2ccc(C(=O)O)cc2)cs1. The number of hydrogen-bond acceptors (Lipinski definition) is 6. The molecule has 0 saturated heterocycles. The highest BCUT2D eigenvalue weighted by Gasteiger charge is 2.15. The number of rotatable bonds is 4. The van der Waals surface area contributed by atoms with Gasteiger partial charge in [0.15, 0.2) is 5.13 Å². The Balaban J connectivity index is 1.51. The molecule has 0 radical (unpaired) electrons. The second kappa shape index (κ2) is 6.93. The molecule has 0 fully saturated rings. The Kier molecular flexibility index (Phi) is 4.22. The van der Waals surface area contributed by atoms with Crippen molar-refractivity contribution in [2.24, 2.45) is 0 Å². The van der Waals surface area contributed by atoms with E-state index >= 15 is 0 Å². The molecular formula is C22H16N4O3S. The largest absolute Gasteiger partial charge is 0.478 e. The highest BCUT2D eigenvalue weighted by atomic mass is 32.1. The first-order valence-electron chi connectivity index (χ1n) is 9.21. The molecule has 0 aliphatic heterocycles. The standard InChI is InChI=1S/C22H16N4O3S/c1-12-20(13(2)29-25-12)16-7-8-19-17(9-16)23-11-26(19)22-24-18(10-30-22)14-3-5-15(6-4-14)21(27)28/h3-11H,1-2H3,(H,27,28). The van der Waals surface area contributed by atoms with Crippen LogP contribution in [0.1, 0.15) is 21.8 Å². The molecule has 148 valence electrons. The van der Waals surface area contributed by atoms with Crippen molar-refractivity contribution < 1.29 is 14.4 Å². The molecule has 0 atom stereocenters. The molecule has 0 bridgehead atoms. The third-order valence-electron chi connectivity index (χ3n) is 5.00. The smallest absolute Gasteiger partial charge is 0.335 e. The van der Waals surface area contributed by atoms with Crippen LogP contribution in [0.4, 0.5) is 0 Å². The zero-order valence-corrected chi connectivity index (χ0v) is 17.0. The van der Waals surface area contributed by atoms with E-state index in [0.29, 0.717) is 0 Å². The van der Waals surface area contributed by atoms with E-state index in [4.69, 9.17) is 14.6 Å². The minimum atomic E-state index is -0.943. The monoisotopic (exact) mass is 416 g/mol. The quantitative estimate of drug-likeness (QED) is 0.437. The molecule has 1 N–H and O–H groups in total. The average Bonchev–Trinajstić information content (AvgIpc) is 3.46. The molecule has 8 heteroatoms. The van der Waals surface area contributed by atoms with Gasteiger partial charge in [-0.2, -0.15) is 0 Å². The summed E-state index contributed by atoms with van der Waals surface area (Å²) < 4.78 is 7.24. The minimum absolute atomic E-state index is 0.254. The number of imidazole rings is 1. The Hall–Kier alpha value is -3.78. The van der Waals surface area contributed by atoms with E-state index in [1.54, 1.807) is 30.6 Å². The van der Waals surface area contributed by atoms with Gasteiger partial charge in [0.25, 0.3) is 0 Å². The van der Waals surface area contributed by atoms with Crippen LogP contribution in [0.3, 0.4) is 0 Å². The van der Waals surface area contributed by atoms with Crippen LogP contribution in [-0.2, 0) is 0 Å². The fraction of sp³-hybridized carbons (Fsp3) is 0.0909. The van der Waals surface area contributed by atoms with Crippen LogP contribution in [0.5, 0.6) is 0 Å². The van der Waals surface area contributed by atoms with E-state index in [0.717, 1.165) is 50.0 Å². The first-order chi connectivity index (χ1) is 14.5. The Labute approximate surface area is 175 Å². The highest BCUT2D eigenvalue weighted by molar-refractivity contribution is 7.12. The van der Waals surface area contributed by atoms with Crippen LogP contribution in [-0.4, -0.2) is 30.8 Å². The number of carbonyl (C=O) groups is 1. The highest BCUT2D eigenvalue weighted by Crippen LogP contribution is 2.31. The lowest BCUT2D eigenvalue weighted by Gasteiger charge is -2.03. The molecule has 2 aromatic carbocycles. The van der Waals surface area contributed by atoms with Crippen molar-refractivity contribution in [2.45, 2.75) is 13.8 Å². The lowest BCUT2D eigenvalue weighted by Crippen LogP contribution is -1.95. The first-order valence-corrected chi connectivity index (χ1v) is 10.1. The van der Waals surface area contributed by atoms with Gasteiger partial charge in [0, 0.05) is 16.5 Å². The van der Waals surface area contributed by atoms with E-state index in [2.05, 4.69) is 10.1 Å². The molecule has 5 aromatic rings. The van der Waals surface area contributed by atoms with E-state index in [1.165, 1.54) is 11.3 Å². The summed E-state index contributed by atoms with van der Waals surface area (Å²) in [7, 11) is 0. The molecule has 0 aliphatic rings. The minimum Gasteiger partial charge on any atom is -0.478 e. The third kappa shape index (κ3) is 2.98. The van der Waals surface area contributed by atoms with Crippen LogP contribution < -0.4 is 0 Å². The van der Waals surface area contributed by atoms with Crippen molar-refractivity contribution in [3.63, 3.8) is 0 Å². The van der Waals surface area contributed by atoms with Crippen LogP contribution >= 0.6 is 11.3 Å². The Morgan fingerprint density at radius 3 is 2.57 bits per heavy atom. The molecule has 0 unspecified atom stereocenters. The van der Waals surface area contributed by atoms with Gasteiger partial charge in [-0.05, 0) is 43.7 Å². The average molecular weight is 416 g/mol. The summed E-state index contributed by atoms with van der Waals surface area (Å²) in [6, 6.07) is 12.8. The topological polar surface area (TPSA) is 94.0 Å². The fourth-order valence-corrected chi connectivity index (χ4v) is 4.32. The normalized spacial score (nSPS) is 11.3. The number of aromatic nitrogens is 4. The predicted octanol–water partition coefficient (Wildman–Crippen LogP) is 5.12. The summed E-state index contributed by atoms with van der Waals surface area (Å²) in [6.07, 6.45) is 1.76.